The number of carbonyl (C=O) groups is 1. The van der Waals surface area contributed by atoms with Crippen LogP contribution in [0.2, 0.25) is 0 Å². The lowest BCUT2D eigenvalue weighted by Crippen LogP contribution is -2.46. The number of hydrogen-bond donors (Lipinski definition) is 1. The van der Waals surface area contributed by atoms with Gasteiger partial charge in [-0.2, -0.15) is 0 Å². The Morgan fingerprint density at radius 1 is 1.14 bits per heavy atom. The number of piperazine rings is 1. The number of ether oxygens (including phenoxy) is 1. The summed E-state index contributed by atoms with van der Waals surface area (Å²) in [6, 6.07) is 14.0. The van der Waals surface area contributed by atoms with Gasteiger partial charge in [0.05, 0.1) is 23.0 Å². The summed E-state index contributed by atoms with van der Waals surface area (Å²) in [6.07, 6.45) is 1.13. The van der Waals surface area contributed by atoms with Gasteiger partial charge in [0.2, 0.25) is 5.91 Å². The summed E-state index contributed by atoms with van der Waals surface area (Å²) < 4.78 is 6.16. The van der Waals surface area contributed by atoms with Crippen molar-refractivity contribution in [2.45, 2.75) is 19.8 Å². The first-order valence-corrected chi connectivity index (χ1v) is 10.6. The van der Waals surface area contributed by atoms with Crippen molar-refractivity contribution in [3.63, 3.8) is 0 Å². The van der Waals surface area contributed by atoms with Crippen LogP contribution < -0.4 is 15.0 Å². The fraction of sp³-hybridized carbons (Fsp3) is 0.409. The lowest BCUT2D eigenvalue weighted by Gasteiger charge is -2.36. The Morgan fingerprint density at radius 2 is 1.89 bits per heavy atom. The zero-order valence-corrected chi connectivity index (χ0v) is 18.2. The molecule has 0 aliphatic carbocycles. The number of anilines is 2. The molecule has 1 aliphatic heterocycles. The molecule has 6 heteroatoms. The van der Waals surface area contributed by atoms with Crippen LogP contribution in [0.1, 0.15) is 18.9 Å². The average Bonchev–Trinajstić information content (AvgIpc) is 2.73. The van der Waals surface area contributed by atoms with Crippen LogP contribution >= 0.6 is 15.9 Å². The van der Waals surface area contributed by atoms with Gasteiger partial charge in [0.25, 0.3) is 0 Å². The molecule has 1 fully saturated rings. The molecular weight excluding hydrogens is 418 g/mol. The van der Waals surface area contributed by atoms with E-state index in [1.165, 1.54) is 0 Å². The van der Waals surface area contributed by atoms with Gasteiger partial charge in [-0.05, 0) is 58.7 Å². The van der Waals surface area contributed by atoms with E-state index in [-0.39, 0.29) is 5.91 Å². The fourth-order valence-corrected chi connectivity index (χ4v) is 4.08. The highest BCUT2D eigenvalue weighted by Crippen LogP contribution is 2.28. The number of aryl methyl sites for hydroxylation is 1. The Morgan fingerprint density at radius 3 is 2.57 bits per heavy atom. The van der Waals surface area contributed by atoms with Crippen LogP contribution in [0.4, 0.5) is 11.4 Å². The van der Waals surface area contributed by atoms with Crippen molar-refractivity contribution >= 4 is 33.2 Å². The summed E-state index contributed by atoms with van der Waals surface area (Å²) >= 11 is 3.50. The van der Waals surface area contributed by atoms with E-state index in [1.54, 1.807) is 7.11 Å². The lowest BCUT2D eigenvalue weighted by molar-refractivity contribution is -0.116. The molecule has 5 nitrogen and oxygen atoms in total. The van der Waals surface area contributed by atoms with Gasteiger partial charge in [0.1, 0.15) is 5.75 Å². The quantitative estimate of drug-likeness (QED) is 0.694. The molecular formula is C22H28BrN3O2. The smallest absolute Gasteiger partial charge is 0.224 e. The van der Waals surface area contributed by atoms with Gasteiger partial charge in [-0.25, -0.2) is 0 Å². The predicted molar refractivity (Wildman–Crippen MR) is 118 cm³/mol. The molecule has 1 N–H and O–H groups in total. The molecule has 0 aromatic heterocycles. The van der Waals surface area contributed by atoms with E-state index < -0.39 is 0 Å². The number of amides is 1. The summed E-state index contributed by atoms with van der Waals surface area (Å²) in [6.45, 7) is 7.39. The normalized spacial score (nSPS) is 14.8. The first-order valence-electron chi connectivity index (χ1n) is 9.79. The van der Waals surface area contributed by atoms with Gasteiger partial charge < -0.3 is 19.9 Å². The molecule has 1 saturated heterocycles. The summed E-state index contributed by atoms with van der Waals surface area (Å²) in [5.74, 6) is 0.830. The summed E-state index contributed by atoms with van der Waals surface area (Å²) in [5, 5.41) is 3.11. The van der Waals surface area contributed by atoms with E-state index >= 15 is 0 Å². The zero-order valence-electron chi connectivity index (χ0n) is 16.6. The second kappa shape index (κ2) is 9.94. The highest BCUT2D eigenvalue weighted by molar-refractivity contribution is 9.10. The molecule has 0 radical (unpaired) electrons. The molecule has 0 atom stereocenters. The number of nitrogens with zero attached hydrogens (tertiary/aromatic N) is 2. The number of carbonyl (C=O) groups excluding carboxylic acids is 1. The number of rotatable bonds is 7. The summed E-state index contributed by atoms with van der Waals surface area (Å²) in [4.78, 5) is 17.4. The van der Waals surface area contributed by atoms with Gasteiger partial charge in [-0.15, -0.1) is 0 Å². The van der Waals surface area contributed by atoms with Crippen molar-refractivity contribution in [1.29, 1.82) is 0 Å². The Labute approximate surface area is 175 Å². The van der Waals surface area contributed by atoms with Crippen molar-refractivity contribution in [3.8, 4) is 5.75 Å². The molecule has 150 valence electrons. The third-order valence-corrected chi connectivity index (χ3v) is 5.81. The predicted octanol–water partition coefficient (Wildman–Crippen LogP) is 4.17. The standard InChI is InChI=1S/C22H28BrN3O2/c1-3-25-12-14-26(15-13-25)20-7-5-4-6-19(20)24-22(27)11-9-17-8-10-21(28-2)18(23)16-17/h4-8,10,16H,3,9,11-15H2,1-2H3,(H,24,27). The molecule has 1 heterocycles. The maximum atomic E-state index is 12.6. The van der Waals surface area contributed by atoms with E-state index in [2.05, 4.69) is 44.0 Å². The largest absolute Gasteiger partial charge is 0.496 e. The van der Waals surface area contributed by atoms with Crippen LogP contribution in [0, 0.1) is 0 Å². The fourth-order valence-electron chi connectivity index (χ4n) is 3.50. The number of methoxy groups -OCH3 is 1. The minimum Gasteiger partial charge on any atom is -0.496 e. The average molecular weight is 446 g/mol. The molecule has 0 saturated carbocycles. The molecule has 1 amide bonds. The molecule has 3 rings (SSSR count). The minimum absolute atomic E-state index is 0.0339. The van der Waals surface area contributed by atoms with Crippen LogP contribution in [-0.2, 0) is 11.2 Å². The first-order chi connectivity index (χ1) is 13.6. The molecule has 2 aromatic rings. The molecule has 0 bridgehead atoms. The second-order valence-electron chi connectivity index (χ2n) is 6.96. The SMILES string of the molecule is CCN1CCN(c2ccccc2NC(=O)CCc2ccc(OC)c(Br)c2)CC1. The number of hydrogen-bond acceptors (Lipinski definition) is 4. The lowest BCUT2D eigenvalue weighted by atomic mass is 10.1. The Balaban J connectivity index is 1.59. The third-order valence-electron chi connectivity index (χ3n) is 5.20. The molecule has 0 spiro atoms. The van der Waals surface area contributed by atoms with Gasteiger partial charge in [-0.1, -0.05) is 25.1 Å². The number of para-hydroxylation sites is 2. The van der Waals surface area contributed by atoms with Gasteiger partial charge >= 0.3 is 0 Å². The first kappa shape index (κ1) is 20.7. The Hall–Kier alpha value is -2.05. The number of halogens is 1. The van der Waals surface area contributed by atoms with Crippen molar-refractivity contribution < 1.29 is 9.53 Å². The van der Waals surface area contributed by atoms with Crippen LogP contribution in [0.5, 0.6) is 5.75 Å². The monoisotopic (exact) mass is 445 g/mol. The molecule has 1 aliphatic rings. The van der Waals surface area contributed by atoms with E-state index in [4.69, 9.17) is 4.74 Å². The van der Waals surface area contributed by atoms with Crippen LogP contribution in [-0.4, -0.2) is 50.6 Å². The highest BCUT2D eigenvalue weighted by atomic mass is 79.9. The highest BCUT2D eigenvalue weighted by Gasteiger charge is 2.18. The number of benzene rings is 2. The maximum absolute atomic E-state index is 12.6. The van der Waals surface area contributed by atoms with Crippen LogP contribution in [0.15, 0.2) is 46.9 Å². The molecule has 2 aromatic carbocycles. The van der Waals surface area contributed by atoms with Crippen LogP contribution in [0.25, 0.3) is 0 Å². The van der Waals surface area contributed by atoms with Gasteiger partial charge in [0, 0.05) is 32.6 Å². The molecule has 0 unspecified atom stereocenters. The van der Waals surface area contributed by atoms with Crippen molar-refractivity contribution in [2.75, 3.05) is 50.1 Å². The summed E-state index contributed by atoms with van der Waals surface area (Å²) in [5.41, 5.74) is 3.11. The van der Waals surface area contributed by atoms with Gasteiger partial charge in [0.15, 0.2) is 0 Å². The molecule has 28 heavy (non-hydrogen) atoms. The van der Waals surface area contributed by atoms with E-state index in [1.807, 2.05) is 36.4 Å². The maximum Gasteiger partial charge on any atom is 0.224 e. The number of likely N-dealkylation sites (N-methyl/N-ethyl adjacent to an activating group) is 1. The van der Waals surface area contributed by atoms with Crippen molar-refractivity contribution in [3.05, 3.63) is 52.5 Å². The minimum atomic E-state index is 0.0339. The Kier molecular flexibility index (Phi) is 7.34. The zero-order chi connectivity index (χ0) is 19.9. The van der Waals surface area contributed by atoms with E-state index in [0.717, 1.165) is 59.9 Å². The Bertz CT molecular complexity index is 804. The van der Waals surface area contributed by atoms with Crippen molar-refractivity contribution in [2.24, 2.45) is 0 Å². The van der Waals surface area contributed by atoms with Crippen molar-refractivity contribution in [1.82, 2.24) is 4.90 Å². The third kappa shape index (κ3) is 5.26. The summed E-state index contributed by atoms with van der Waals surface area (Å²) in [7, 11) is 1.65. The topological polar surface area (TPSA) is 44.8 Å². The second-order valence-corrected chi connectivity index (χ2v) is 7.81. The van der Waals surface area contributed by atoms with E-state index in [0.29, 0.717) is 12.8 Å². The van der Waals surface area contributed by atoms with Crippen LogP contribution in [0.3, 0.4) is 0 Å². The van der Waals surface area contributed by atoms with E-state index in [9.17, 15) is 4.79 Å². The number of nitrogens with one attached hydrogen (secondary N) is 1. The van der Waals surface area contributed by atoms with Gasteiger partial charge in [-0.3, -0.25) is 4.79 Å².